The molecular formula is C26H36N4. The van der Waals surface area contributed by atoms with E-state index in [0.717, 1.165) is 32.5 Å². The van der Waals surface area contributed by atoms with Gasteiger partial charge in [-0.2, -0.15) is 0 Å². The van der Waals surface area contributed by atoms with E-state index in [2.05, 4.69) is 88.7 Å². The normalized spacial score (nSPS) is 24.0. The highest BCUT2D eigenvalue weighted by Gasteiger charge is 2.27. The summed E-state index contributed by atoms with van der Waals surface area (Å²) in [5, 5.41) is 7.29. The summed E-state index contributed by atoms with van der Waals surface area (Å²) in [4.78, 5) is 4.88. The van der Waals surface area contributed by atoms with E-state index in [-0.39, 0.29) is 0 Å². The van der Waals surface area contributed by atoms with E-state index >= 15 is 0 Å². The van der Waals surface area contributed by atoms with Gasteiger partial charge in [-0.15, -0.1) is 0 Å². The van der Waals surface area contributed by atoms with Gasteiger partial charge in [-0.05, 0) is 63.5 Å². The molecule has 0 bridgehead atoms. The first-order valence-electron chi connectivity index (χ1n) is 11.6. The number of likely N-dealkylation sites (N-methyl/N-ethyl adjacent to an activating group) is 1. The number of hydrogen-bond donors (Lipinski definition) is 2. The van der Waals surface area contributed by atoms with Crippen molar-refractivity contribution in [3.63, 3.8) is 0 Å². The largest absolute Gasteiger partial charge is 0.357 e. The highest BCUT2D eigenvalue weighted by molar-refractivity contribution is 5.62. The van der Waals surface area contributed by atoms with Crippen LogP contribution in [0.5, 0.6) is 0 Å². The molecule has 2 atom stereocenters. The number of likely N-dealkylation sites (tertiary alicyclic amines) is 1. The van der Waals surface area contributed by atoms with Crippen LogP contribution < -0.4 is 15.5 Å². The zero-order valence-electron chi connectivity index (χ0n) is 18.5. The number of hydrogen-bond acceptors (Lipinski definition) is 4. The molecule has 4 nitrogen and oxygen atoms in total. The van der Waals surface area contributed by atoms with Gasteiger partial charge in [-0.1, -0.05) is 48.3 Å². The quantitative estimate of drug-likeness (QED) is 0.714. The van der Waals surface area contributed by atoms with Crippen LogP contribution in [0.2, 0.25) is 0 Å². The molecule has 0 amide bonds. The van der Waals surface area contributed by atoms with Crippen LogP contribution in [-0.4, -0.2) is 56.3 Å². The lowest BCUT2D eigenvalue weighted by Crippen LogP contribution is -2.40. The Bertz CT molecular complexity index is 823. The van der Waals surface area contributed by atoms with Gasteiger partial charge in [0.25, 0.3) is 0 Å². The highest BCUT2D eigenvalue weighted by Crippen LogP contribution is 2.32. The zero-order valence-corrected chi connectivity index (χ0v) is 18.5. The minimum absolute atomic E-state index is 0.297. The van der Waals surface area contributed by atoms with Gasteiger partial charge in [0.05, 0.1) is 12.6 Å². The van der Waals surface area contributed by atoms with Crippen LogP contribution in [0.4, 0.5) is 5.69 Å². The summed E-state index contributed by atoms with van der Waals surface area (Å²) in [6.07, 6.45) is 13.2. The third-order valence-electron chi connectivity index (χ3n) is 6.60. The fraction of sp³-hybridized carbons (Fsp3) is 0.538. The second-order valence-corrected chi connectivity index (χ2v) is 8.78. The molecule has 2 heterocycles. The Hall–Kier alpha value is -2.06. The Morgan fingerprint density at radius 1 is 1.13 bits per heavy atom. The molecule has 0 saturated carbocycles. The third kappa shape index (κ3) is 5.35. The molecule has 30 heavy (non-hydrogen) atoms. The number of rotatable bonds is 6. The molecule has 4 rings (SSSR count). The fourth-order valence-electron chi connectivity index (χ4n) is 4.76. The van der Waals surface area contributed by atoms with Crippen LogP contribution in [-0.2, 0) is 13.0 Å². The molecule has 1 aromatic rings. The Morgan fingerprint density at radius 3 is 2.77 bits per heavy atom. The van der Waals surface area contributed by atoms with Gasteiger partial charge in [0.15, 0.2) is 0 Å². The Kier molecular flexibility index (Phi) is 7.28. The second-order valence-electron chi connectivity index (χ2n) is 8.78. The van der Waals surface area contributed by atoms with Gasteiger partial charge < -0.3 is 15.1 Å². The molecule has 0 aromatic heterocycles. The lowest BCUT2D eigenvalue weighted by atomic mass is 10.0. The van der Waals surface area contributed by atoms with E-state index in [1.807, 2.05) is 0 Å². The SMILES string of the molecule is CCN1c2ccc(CNC3CCN(C)CC3)cc2CC1C#CCNC1C=CC=CC1. The maximum Gasteiger partial charge on any atom is 0.0945 e. The van der Waals surface area contributed by atoms with Gasteiger partial charge in [0.1, 0.15) is 0 Å². The molecule has 1 saturated heterocycles. The minimum Gasteiger partial charge on any atom is -0.357 e. The van der Waals surface area contributed by atoms with E-state index in [9.17, 15) is 0 Å². The van der Waals surface area contributed by atoms with Crippen molar-refractivity contribution < 1.29 is 0 Å². The van der Waals surface area contributed by atoms with Crippen LogP contribution in [0, 0.1) is 11.8 Å². The summed E-state index contributed by atoms with van der Waals surface area (Å²) in [6.45, 7) is 7.36. The van der Waals surface area contributed by atoms with Crippen LogP contribution in [0.1, 0.15) is 37.3 Å². The Morgan fingerprint density at radius 2 is 2.00 bits per heavy atom. The fourth-order valence-corrected chi connectivity index (χ4v) is 4.76. The average Bonchev–Trinajstić information content (AvgIpc) is 3.13. The molecule has 2 N–H and O–H groups in total. The zero-order chi connectivity index (χ0) is 20.8. The summed E-state index contributed by atoms with van der Waals surface area (Å²) >= 11 is 0. The van der Waals surface area contributed by atoms with Crippen molar-refractivity contribution in [1.29, 1.82) is 0 Å². The second kappa shape index (κ2) is 10.3. The number of nitrogens with one attached hydrogen (secondary N) is 2. The lowest BCUT2D eigenvalue weighted by molar-refractivity contribution is 0.234. The summed E-state index contributed by atoms with van der Waals surface area (Å²) < 4.78 is 0. The molecule has 2 unspecified atom stereocenters. The monoisotopic (exact) mass is 404 g/mol. The molecule has 2 aliphatic heterocycles. The predicted molar refractivity (Wildman–Crippen MR) is 127 cm³/mol. The van der Waals surface area contributed by atoms with Crippen LogP contribution in [0.15, 0.2) is 42.5 Å². The van der Waals surface area contributed by atoms with Crippen LogP contribution >= 0.6 is 0 Å². The molecule has 0 spiro atoms. The van der Waals surface area contributed by atoms with Crippen molar-refractivity contribution in [2.45, 2.75) is 57.3 Å². The predicted octanol–water partition coefficient (Wildman–Crippen LogP) is 3.10. The van der Waals surface area contributed by atoms with Gasteiger partial charge in [0, 0.05) is 37.3 Å². The van der Waals surface area contributed by atoms with E-state index < -0.39 is 0 Å². The molecule has 0 radical (unpaired) electrons. The smallest absolute Gasteiger partial charge is 0.0945 e. The van der Waals surface area contributed by atoms with E-state index in [0.29, 0.717) is 18.1 Å². The molecule has 1 aliphatic carbocycles. The standard InChI is InChI=1S/C26H36N4/c1-3-30-25(10-7-15-27-23-8-5-4-6-9-23)19-22-18-21(11-12-26(22)30)20-28-24-13-16-29(2)17-14-24/h4-6,8,11-12,18,23-25,27-28H,3,9,13-17,19-20H2,1-2H3. The first-order chi connectivity index (χ1) is 14.7. The van der Waals surface area contributed by atoms with Crippen molar-refractivity contribution in [2.24, 2.45) is 0 Å². The van der Waals surface area contributed by atoms with Crippen molar-refractivity contribution in [2.75, 3.05) is 38.1 Å². The molecule has 1 aromatic carbocycles. The number of allylic oxidation sites excluding steroid dienone is 2. The van der Waals surface area contributed by atoms with Gasteiger partial charge in [-0.25, -0.2) is 0 Å². The van der Waals surface area contributed by atoms with Crippen LogP contribution in [0.3, 0.4) is 0 Å². The minimum atomic E-state index is 0.297. The molecule has 160 valence electrons. The van der Waals surface area contributed by atoms with Crippen molar-refractivity contribution in [3.05, 3.63) is 53.6 Å². The molecule has 1 fully saturated rings. The molecule has 3 aliphatic rings. The maximum absolute atomic E-state index is 3.77. The Labute approximate surface area is 182 Å². The summed E-state index contributed by atoms with van der Waals surface area (Å²) in [5.74, 6) is 6.91. The Balaban J connectivity index is 1.31. The van der Waals surface area contributed by atoms with Gasteiger partial charge in [0.2, 0.25) is 0 Å². The van der Waals surface area contributed by atoms with E-state index in [1.54, 1.807) is 0 Å². The van der Waals surface area contributed by atoms with Gasteiger partial charge >= 0.3 is 0 Å². The average molecular weight is 405 g/mol. The number of nitrogens with zero attached hydrogens (tertiary/aromatic N) is 2. The topological polar surface area (TPSA) is 30.5 Å². The number of piperidine rings is 1. The van der Waals surface area contributed by atoms with E-state index in [4.69, 9.17) is 0 Å². The summed E-state index contributed by atoms with van der Waals surface area (Å²) in [6, 6.07) is 8.38. The van der Waals surface area contributed by atoms with Crippen molar-refractivity contribution >= 4 is 5.69 Å². The number of anilines is 1. The van der Waals surface area contributed by atoms with Gasteiger partial charge in [-0.3, -0.25) is 5.32 Å². The summed E-state index contributed by atoms with van der Waals surface area (Å²) in [7, 11) is 2.22. The maximum atomic E-state index is 3.77. The van der Waals surface area contributed by atoms with E-state index in [1.165, 1.54) is 42.7 Å². The lowest BCUT2D eigenvalue weighted by Gasteiger charge is -2.29. The molecule has 4 heteroatoms. The number of benzene rings is 1. The van der Waals surface area contributed by atoms with Crippen molar-refractivity contribution in [1.82, 2.24) is 15.5 Å². The third-order valence-corrected chi connectivity index (χ3v) is 6.60. The number of fused-ring (bicyclic) bond motifs is 1. The van der Waals surface area contributed by atoms with Crippen molar-refractivity contribution in [3.8, 4) is 11.8 Å². The summed E-state index contributed by atoms with van der Waals surface area (Å²) in [5.41, 5.74) is 4.22. The first-order valence-corrected chi connectivity index (χ1v) is 11.6. The first kappa shape index (κ1) is 21.2. The highest BCUT2D eigenvalue weighted by atomic mass is 15.2. The van der Waals surface area contributed by atoms with Crippen LogP contribution in [0.25, 0.3) is 0 Å². The molecular weight excluding hydrogens is 368 g/mol.